The third kappa shape index (κ3) is 3.97. The Labute approximate surface area is 158 Å². The highest BCUT2D eigenvalue weighted by molar-refractivity contribution is 6.08. The van der Waals surface area contributed by atoms with Crippen molar-refractivity contribution in [1.82, 2.24) is 9.88 Å². The zero-order valence-electron chi connectivity index (χ0n) is 15.7. The number of fused-ring (bicyclic) bond motifs is 1. The number of hydrogen-bond donors (Lipinski definition) is 0. The molecule has 0 N–H and O–H groups in total. The number of pyridine rings is 1. The number of esters is 1. The molecule has 0 saturated heterocycles. The summed E-state index contributed by atoms with van der Waals surface area (Å²) in [6.45, 7) is 3.66. The van der Waals surface area contributed by atoms with Gasteiger partial charge in [0.15, 0.2) is 0 Å². The Morgan fingerprint density at radius 2 is 1.70 bits per heavy atom. The molecule has 0 unspecified atom stereocenters. The Kier molecular flexibility index (Phi) is 5.50. The number of carbonyl (C=O) groups excluding carboxylic acids is 2. The van der Waals surface area contributed by atoms with E-state index in [4.69, 9.17) is 9.72 Å². The van der Waals surface area contributed by atoms with Crippen molar-refractivity contribution in [2.45, 2.75) is 19.9 Å². The lowest BCUT2D eigenvalue weighted by atomic mass is 10.0. The molecule has 0 aliphatic rings. The largest absolute Gasteiger partial charge is 0.468 e. The van der Waals surface area contributed by atoms with Crippen LogP contribution in [-0.4, -0.2) is 41.5 Å². The van der Waals surface area contributed by atoms with E-state index in [0.717, 1.165) is 22.2 Å². The van der Waals surface area contributed by atoms with Gasteiger partial charge in [0.25, 0.3) is 5.91 Å². The van der Waals surface area contributed by atoms with Gasteiger partial charge in [0, 0.05) is 17.0 Å². The van der Waals surface area contributed by atoms with E-state index in [0.29, 0.717) is 5.56 Å². The maximum atomic E-state index is 13.3. The van der Waals surface area contributed by atoms with Gasteiger partial charge in [-0.05, 0) is 26.0 Å². The van der Waals surface area contributed by atoms with Gasteiger partial charge in [-0.2, -0.15) is 0 Å². The van der Waals surface area contributed by atoms with Crippen molar-refractivity contribution in [1.29, 1.82) is 0 Å². The molecule has 5 nitrogen and oxygen atoms in total. The normalized spacial score (nSPS) is 10.8. The number of rotatable bonds is 5. The van der Waals surface area contributed by atoms with Crippen LogP contribution in [0.5, 0.6) is 0 Å². The SMILES string of the molecule is COC(=O)CN(C(=O)c1cc(-c2ccccc2)nc2ccccc12)C(C)C. The zero-order chi connectivity index (χ0) is 19.4. The van der Waals surface area contributed by atoms with E-state index in [-0.39, 0.29) is 18.5 Å². The number of hydrogen-bond acceptors (Lipinski definition) is 4. The second-order valence-corrected chi connectivity index (χ2v) is 6.54. The van der Waals surface area contributed by atoms with Gasteiger partial charge in [0.2, 0.25) is 0 Å². The van der Waals surface area contributed by atoms with Crippen LogP contribution in [0, 0.1) is 0 Å². The first-order chi connectivity index (χ1) is 13.0. The summed E-state index contributed by atoms with van der Waals surface area (Å²) in [6.07, 6.45) is 0. The molecule has 0 aliphatic heterocycles. The smallest absolute Gasteiger partial charge is 0.325 e. The molecule has 3 aromatic rings. The fourth-order valence-electron chi connectivity index (χ4n) is 2.96. The minimum atomic E-state index is -0.446. The molecule has 0 saturated carbocycles. The number of aromatic nitrogens is 1. The van der Waals surface area contributed by atoms with E-state index in [2.05, 4.69) is 0 Å². The summed E-state index contributed by atoms with van der Waals surface area (Å²) >= 11 is 0. The quantitative estimate of drug-likeness (QED) is 0.646. The van der Waals surface area contributed by atoms with Crippen molar-refractivity contribution < 1.29 is 14.3 Å². The number of methoxy groups -OCH3 is 1. The predicted molar refractivity (Wildman–Crippen MR) is 105 cm³/mol. The molecule has 1 heterocycles. The molecule has 5 heteroatoms. The van der Waals surface area contributed by atoms with Gasteiger partial charge >= 0.3 is 5.97 Å². The van der Waals surface area contributed by atoms with Gasteiger partial charge in [0.1, 0.15) is 6.54 Å². The number of carbonyl (C=O) groups is 2. The highest BCUT2D eigenvalue weighted by atomic mass is 16.5. The van der Waals surface area contributed by atoms with Gasteiger partial charge in [0.05, 0.1) is 23.9 Å². The van der Waals surface area contributed by atoms with Crippen LogP contribution in [0.15, 0.2) is 60.7 Å². The summed E-state index contributed by atoms with van der Waals surface area (Å²) in [6, 6.07) is 18.9. The molecular weight excluding hydrogens is 340 g/mol. The molecule has 0 atom stereocenters. The van der Waals surface area contributed by atoms with Crippen molar-refractivity contribution in [3.63, 3.8) is 0 Å². The lowest BCUT2D eigenvalue weighted by molar-refractivity contribution is -0.141. The number of para-hydroxylation sites is 1. The maximum absolute atomic E-state index is 13.3. The number of ether oxygens (including phenoxy) is 1. The third-order valence-electron chi connectivity index (χ3n) is 4.43. The van der Waals surface area contributed by atoms with E-state index >= 15 is 0 Å². The fourth-order valence-corrected chi connectivity index (χ4v) is 2.96. The Morgan fingerprint density at radius 3 is 2.37 bits per heavy atom. The molecule has 27 heavy (non-hydrogen) atoms. The van der Waals surface area contributed by atoms with Crippen molar-refractivity contribution in [2.24, 2.45) is 0 Å². The summed E-state index contributed by atoms with van der Waals surface area (Å²) in [7, 11) is 1.32. The molecule has 0 radical (unpaired) electrons. The van der Waals surface area contributed by atoms with Crippen LogP contribution in [0.2, 0.25) is 0 Å². The summed E-state index contributed by atoms with van der Waals surface area (Å²) in [5, 5.41) is 0.762. The predicted octanol–water partition coefficient (Wildman–Crippen LogP) is 3.93. The Hall–Kier alpha value is -3.21. The zero-order valence-corrected chi connectivity index (χ0v) is 15.7. The van der Waals surface area contributed by atoms with E-state index in [9.17, 15) is 9.59 Å². The van der Waals surface area contributed by atoms with Gasteiger partial charge in [-0.15, -0.1) is 0 Å². The van der Waals surface area contributed by atoms with Crippen LogP contribution in [-0.2, 0) is 9.53 Å². The molecule has 0 spiro atoms. The molecule has 0 bridgehead atoms. The highest BCUT2D eigenvalue weighted by Gasteiger charge is 2.24. The van der Waals surface area contributed by atoms with Crippen LogP contribution >= 0.6 is 0 Å². The van der Waals surface area contributed by atoms with Crippen molar-refractivity contribution in [3.05, 3.63) is 66.2 Å². The van der Waals surface area contributed by atoms with Gasteiger partial charge < -0.3 is 9.64 Å². The second kappa shape index (κ2) is 7.99. The standard InChI is InChI=1S/C22H22N2O3/c1-15(2)24(14-21(25)27-3)22(26)18-13-20(16-9-5-4-6-10-16)23-19-12-8-7-11-17(18)19/h4-13,15H,14H2,1-3H3. The van der Waals surface area contributed by atoms with E-state index in [1.807, 2.05) is 68.4 Å². The molecule has 1 aromatic heterocycles. The van der Waals surface area contributed by atoms with Crippen LogP contribution in [0.3, 0.4) is 0 Å². The van der Waals surface area contributed by atoms with E-state index < -0.39 is 5.97 Å². The first-order valence-corrected chi connectivity index (χ1v) is 8.84. The van der Waals surface area contributed by atoms with Gasteiger partial charge in [-0.1, -0.05) is 48.5 Å². The van der Waals surface area contributed by atoms with Crippen molar-refractivity contribution in [3.8, 4) is 11.3 Å². The number of nitrogens with zero attached hydrogens (tertiary/aromatic N) is 2. The Balaban J connectivity index is 2.14. The third-order valence-corrected chi connectivity index (χ3v) is 4.43. The topological polar surface area (TPSA) is 59.5 Å². The first kappa shape index (κ1) is 18.6. The fraction of sp³-hybridized carbons (Fsp3) is 0.227. The van der Waals surface area contributed by atoms with Crippen LogP contribution < -0.4 is 0 Å². The minimum Gasteiger partial charge on any atom is -0.468 e. The average molecular weight is 362 g/mol. The lowest BCUT2D eigenvalue weighted by Crippen LogP contribution is -2.41. The molecule has 2 aromatic carbocycles. The number of amides is 1. The summed E-state index contributed by atoms with van der Waals surface area (Å²) in [5.74, 6) is -0.662. The molecule has 3 rings (SSSR count). The molecule has 0 fully saturated rings. The van der Waals surface area contributed by atoms with Crippen molar-refractivity contribution >= 4 is 22.8 Å². The molecular formula is C22H22N2O3. The monoisotopic (exact) mass is 362 g/mol. The van der Waals surface area contributed by atoms with E-state index in [1.54, 1.807) is 6.07 Å². The van der Waals surface area contributed by atoms with Crippen LogP contribution in [0.25, 0.3) is 22.2 Å². The second-order valence-electron chi connectivity index (χ2n) is 6.54. The summed E-state index contributed by atoms with van der Waals surface area (Å²) < 4.78 is 4.75. The summed E-state index contributed by atoms with van der Waals surface area (Å²) in [5.41, 5.74) is 2.92. The lowest BCUT2D eigenvalue weighted by Gasteiger charge is -2.26. The van der Waals surface area contributed by atoms with Gasteiger partial charge in [-0.25, -0.2) is 4.98 Å². The van der Waals surface area contributed by atoms with E-state index in [1.165, 1.54) is 12.0 Å². The molecule has 138 valence electrons. The molecule has 0 aliphatic carbocycles. The van der Waals surface area contributed by atoms with Gasteiger partial charge in [-0.3, -0.25) is 9.59 Å². The Morgan fingerprint density at radius 1 is 1.04 bits per heavy atom. The summed E-state index contributed by atoms with van der Waals surface area (Å²) in [4.78, 5) is 31.3. The maximum Gasteiger partial charge on any atom is 0.325 e. The minimum absolute atomic E-state index is 0.0929. The van der Waals surface area contributed by atoms with Crippen LogP contribution in [0.1, 0.15) is 24.2 Å². The highest BCUT2D eigenvalue weighted by Crippen LogP contribution is 2.26. The average Bonchev–Trinajstić information content (AvgIpc) is 2.70. The van der Waals surface area contributed by atoms with Crippen molar-refractivity contribution in [2.75, 3.05) is 13.7 Å². The Bertz CT molecular complexity index is 968. The molecule has 1 amide bonds. The number of benzene rings is 2. The van der Waals surface area contributed by atoms with Crippen LogP contribution in [0.4, 0.5) is 0 Å². The first-order valence-electron chi connectivity index (χ1n) is 8.84.